The lowest BCUT2D eigenvalue weighted by Gasteiger charge is -2.32. The molecule has 1 atom stereocenters. The summed E-state index contributed by atoms with van der Waals surface area (Å²) < 4.78 is 10.5. The number of anilines is 1. The van der Waals surface area contributed by atoms with Crippen LogP contribution in [0.3, 0.4) is 0 Å². The fourth-order valence-corrected chi connectivity index (χ4v) is 3.55. The van der Waals surface area contributed by atoms with Crippen molar-refractivity contribution in [1.29, 1.82) is 0 Å². The van der Waals surface area contributed by atoms with Gasteiger partial charge in [-0.1, -0.05) is 0 Å². The number of hydrogen-bond donors (Lipinski definition) is 1. The van der Waals surface area contributed by atoms with Crippen molar-refractivity contribution in [2.24, 2.45) is 5.92 Å². The van der Waals surface area contributed by atoms with E-state index in [2.05, 4.69) is 10.3 Å². The lowest BCUT2D eigenvalue weighted by atomic mass is 9.96. The van der Waals surface area contributed by atoms with E-state index in [1.807, 2.05) is 0 Å². The summed E-state index contributed by atoms with van der Waals surface area (Å²) in [5.74, 6) is 0.560. The molecule has 138 valence electrons. The van der Waals surface area contributed by atoms with Crippen LogP contribution in [-0.4, -0.2) is 49.0 Å². The molecule has 1 unspecified atom stereocenters. The molecule has 0 spiro atoms. The number of amides is 2. The number of benzene rings is 1. The standard InChI is InChI=1S/C18H21N3O4S/c1-24-13-5-6-15(25-2)14(10-13)17(23)21-8-3-4-12(11-21)16(22)20-18-19-7-9-26-18/h5-7,9-10,12H,3-4,8,11H2,1-2H3,(H,19,20,22). The van der Waals surface area contributed by atoms with Crippen molar-refractivity contribution in [2.75, 3.05) is 32.6 Å². The second-order valence-corrected chi connectivity index (χ2v) is 6.88. The maximum absolute atomic E-state index is 13.0. The number of rotatable bonds is 5. The number of methoxy groups -OCH3 is 2. The van der Waals surface area contributed by atoms with Crippen molar-refractivity contribution in [3.05, 3.63) is 35.3 Å². The quantitative estimate of drug-likeness (QED) is 0.869. The van der Waals surface area contributed by atoms with Crippen LogP contribution in [0.4, 0.5) is 5.13 Å². The summed E-state index contributed by atoms with van der Waals surface area (Å²) in [6.45, 7) is 0.983. The number of carbonyl (C=O) groups excluding carboxylic acids is 2. The van der Waals surface area contributed by atoms with Crippen molar-refractivity contribution >= 4 is 28.3 Å². The number of ether oxygens (including phenoxy) is 2. The van der Waals surface area contributed by atoms with Crippen LogP contribution in [0.15, 0.2) is 29.8 Å². The van der Waals surface area contributed by atoms with Crippen LogP contribution in [0.2, 0.25) is 0 Å². The van der Waals surface area contributed by atoms with E-state index in [9.17, 15) is 9.59 Å². The Kier molecular flexibility index (Phi) is 5.72. The molecular formula is C18H21N3O4S. The zero-order valence-corrected chi connectivity index (χ0v) is 15.5. The summed E-state index contributed by atoms with van der Waals surface area (Å²) in [5, 5.41) is 5.20. The molecule has 1 N–H and O–H groups in total. The molecule has 26 heavy (non-hydrogen) atoms. The SMILES string of the molecule is COc1ccc(OC)c(C(=O)N2CCCC(C(=O)Nc3nccs3)C2)c1. The topological polar surface area (TPSA) is 80.8 Å². The van der Waals surface area contributed by atoms with Crippen molar-refractivity contribution in [3.63, 3.8) is 0 Å². The fraction of sp³-hybridized carbons (Fsp3) is 0.389. The number of nitrogens with zero attached hydrogens (tertiary/aromatic N) is 2. The van der Waals surface area contributed by atoms with Crippen molar-refractivity contribution < 1.29 is 19.1 Å². The zero-order valence-electron chi connectivity index (χ0n) is 14.7. The first-order valence-electron chi connectivity index (χ1n) is 8.34. The van der Waals surface area contributed by atoms with Crippen LogP contribution < -0.4 is 14.8 Å². The molecule has 0 aliphatic carbocycles. The van der Waals surface area contributed by atoms with Gasteiger partial charge in [0.25, 0.3) is 5.91 Å². The third kappa shape index (κ3) is 3.96. The van der Waals surface area contributed by atoms with Gasteiger partial charge in [-0.2, -0.15) is 0 Å². The highest BCUT2D eigenvalue weighted by Crippen LogP contribution is 2.27. The van der Waals surface area contributed by atoms with E-state index in [1.54, 1.807) is 41.8 Å². The molecule has 2 heterocycles. The number of thiazole rings is 1. The lowest BCUT2D eigenvalue weighted by Crippen LogP contribution is -2.43. The molecule has 7 nitrogen and oxygen atoms in total. The van der Waals surface area contributed by atoms with E-state index in [0.717, 1.165) is 12.8 Å². The molecular weight excluding hydrogens is 354 g/mol. The molecule has 0 saturated carbocycles. The predicted molar refractivity (Wildman–Crippen MR) is 98.9 cm³/mol. The van der Waals surface area contributed by atoms with Gasteiger partial charge in [-0.15, -0.1) is 11.3 Å². The van der Waals surface area contributed by atoms with Gasteiger partial charge in [0, 0.05) is 24.7 Å². The van der Waals surface area contributed by atoms with Crippen molar-refractivity contribution in [1.82, 2.24) is 9.88 Å². The Balaban J connectivity index is 1.73. The summed E-state index contributed by atoms with van der Waals surface area (Å²) in [5.41, 5.74) is 0.438. The molecule has 1 fully saturated rings. The van der Waals surface area contributed by atoms with Crippen LogP contribution >= 0.6 is 11.3 Å². The Hall–Kier alpha value is -2.61. The van der Waals surface area contributed by atoms with Crippen LogP contribution in [0.1, 0.15) is 23.2 Å². The van der Waals surface area contributed by atoms with E-state index in [0.29, 0.717) is 35.3 Å². The van der Waals surface area contributed by atoms with Crippen LogP contribution in [0.25, 0.3) is 0 Å². The van der Waals surface area contributed by atoms with Gasteiger partial charge >= 0.3 is 0 Å². The molecule has 2 aromatic rings. The first-order chi connectivity index (χ1) is 12.6. The second kappa shape index (κ2) is 8.18. The molecule has 0 bridgehead atoms. The Labute approximate surface area is 155 Å². The number of nitrogens with one attached hydrogen (secondary N) is 1. The maximum Gasteiger partial charge on any atom is 0.257 e. The summed E-state index contributed by atoms with van der Waals surface area (Å²) in [6.07, 6.45) is 3.16. The van der Waals surface area contributed by atoms with E-state index in [4.69, 9.17) is 9.47 Å². The Morgan fingerprint density at radius 3 is 2.85 bits per heavy atom. The van der Waals surface area contributed by atoms with E-state index < -0.39 is 0 Å². The van der Waals surface area contributed by atoms with E-state index >= 15 is 0 Å². The first kappa shape index (κ1) is 18.2. The number of likely N-dealkylation sites (tertiary alicyclic amines) is 1. The number of piperidine rings is 1. The minimum Gasteiger partial charge on any atom is -0.497 e. The number of aromatic nitrogens is 1. The highest BCUT2D eigenvalue weighted by atomic mass is 32.1. The average molecular weight is 375 g/mol. The van der Waals surface area contributed by atoms with Gasteiger partial charge in [-0.25, -0.2) is 4.98 Å². The Bertz CT molecular complexity index is 779. The zero-order chi connectivity index (χ0) is 18.5. The van der Waals surface area contributed by atoms with Gasteiger partial charge in [-0.05, 0) is 31.0 Å². The summed E-state index contributed by atoms with van der Waals surface area (Å²) >= 11 is 1.37. The van der Waals surface area contributed by atoms with Gasteiger partial charge in [0.1, 0.15) is 11.5 Å². The summed E-state index contributed by atoms with van der Waals surface area (Å²) in [7, 11) is 3.08. The maximum atomic E-state index is 13.0. The third-order valence-corrected chi connectivity index (χ3v) is 5.07. The largest absolute Gasteiger partial charge is 0.497 e. The van der Waals surface area contributed by atoms with Gasteiger partial charge < -0.3 is 19.7 Å². The van der Waals surface area contributed by atoms with Crippen LogP contribution in [-0.2, 0) is 4.79 Å². The summed E-state index contributed by atoms with van der Waals surface area (Å²) in [6, 6.07) is 5.12. The summed E-state index contributed by atoms with van der Waals surface area (Å²) in [4.78, 5) is 31.2. The number of carbonyl (C=O) groups is 2. The molecule has 3 rings (SSSR count). The third-order valence-electron chi connectivity index (χ3n) is 4.38. The Morgan fingerprint density at radius 2 is 2.15 bits per heavy atom. The highest BCUT2D eigenvalue weighted by Gasteiger charge is 2.30. The molecule has 1 aromatic heterocycles. The molecule has 8 heteroatoms. The average Bonchev–Trinajstić information content (AvgIpc) is 3.20. The molecule has 0 radical (unpaired) electrons. The van der Waals surface area contributed by atoms with Crippen molar-refractivity contribution in [3.8, 4) is 11.5 Å². The Morgan fingerprint density at radius 1 is 1.31 bits per heavy atom. The molecule has 2 amide bonds. The minimum atomic E-state index is -0.256. The second-order valence-electron chi connectivity index (χ2n) is 5.98. The van der Waals surface area contributed by atoms with Gasteiger partial charge in [0.2, 0.25) is 5.91 Å². The van der Waals surface area contributed by atoms with Gasteiger partial charge in [0.15, 0.2) is 5.13 Å². The minimum absolute atomic E-state index is 0.102. The normalized spacial score (nSPS) is 16.8. The number of hydrogen-bond acceptors (Lipinski definition) is 6. The molecule has 1 aliphatic rings. The lowest BCUT2D eigenvalue weighted by molar-refractivity contribution is -0.121. The molecule has 1 aromatic carbocycles. The highest BCUT2D eigenvalue weighted by molar-refractivity contribution is 7.13. The van der Waals surface area contributed by atoms with Crippen molar-refractivity contribution in [2.45, 2.75) is 12.8 Å². The monoisotopic (exact) mass is 375 g/mol. The van der Waals surface area contributed by atoms with E-state index in [-0.39, 0.29) is 17.7 Å². The predicted octanol–water partition coefficient (Wildman–Crippen LogP) is 2.65. The van der Waals surface area contributed by atoms with Gasteiger partial charge in [0.05, 0.1) is 25.7 Å². The molecule has 1 aliphatic heterocycles. The van der Waals surface area contributed by atoms with E-state index in [1.165, 1.54) is 18.4 Å². The smallest absolute Gasteiger partial charge is 0.257 e. The van der Waals surface area contributed by atoms with Crippen LogP contribution in [0, 0.1) is 5.92 Å². The molecule has 1 saturated heterocycles. The first-order valence-corrected chi connectivity index (χ1v) is 9.22. The van der Waals surface area contributed by atoms with Gasteiger partial charge in [-0.3, -0.25) is 9.59 Å². The fourth-order valence-electron chi connectivity index (χ4n) is 3.02. The van der Waals surface area contributed by atoms with Crippen LogP contribution in [0.5, 0.6) is 11.5 Å².